The number of hydrogen-bond acceptors (Lipinski definition) is 6. The smallest absolute Gasteiger partial charge is 0.277 e. The maximum absolute atomic E-state index is 15.9. The van der Waals surface area contributed by atoms with Gasteiger partial charge in [-0.2, -0.15) is 0 Å². The number of unbranched alkanes of at least 4 members (excludes halogenated alkanes) is 1. The van der Waals surface area contributed by atoms with E-state index < -0.39 is 11.7 Å². The van der Waals surface area contributed by atoms with Crippen LogP contribution in [0.2, 0.25) is 5.02 Å². The number of rotatable bonds is 15. The molecule has 1 aromatic heterocycles. The van der Waals surface area contributed by atoms with Crippen LogP contribution in [0.1, 0.15) is 43.0 Å². The summed E-state index contributed by atoms with van der Waals surface area (Å²) in [7, 11) is 1.96. The van der Waals surface area contributed by atoms with Gasteiger partial charge in [-0.05, 0) is 76.0 Å². The zero-order valence-electron chi connectivity index (χ0n) is 21.8. The van der Waals surface area contributed by atoms with Gasteiger partial charge >= 0.3 is 0 Å². The van der Waals surface area contributed by atoms with E-state index in [2.05, 4.69) is 48.9 Å². The molecule has 2 aromatic carbocycles. The fourth-order valence-corrected chi connectivity index (χ4v) is 4.96. The number of nitrogens with one attached hydrogen (secondary N) is 3. The molecule has 1 aliphatic carbocycles. The van der Waals surface area contributed by atoms with Gasteiger partial charge in [0.25, 0.3) is 5.91 Å². The summed E-state index contributed by atoms with van der Waals surface area (Å²) >= 11 is 9.75. The fourth-order valence-electron chi connectivity index (χ4n) is 4.24. The van der Waals surface area contributed by atoms with Gasteiger partial charge in [0, 0.05) is 24.1 Å². The third-order valence-corrected chi connectivity index (χ3v) is 7.53. The molecule has 0 radical (unpaired) electrons. The molecule has 0 bridgehead atoms. The lowest BCUT2D eigenvalue weighted by Gasteiger charge is -2.20. The second kappa shape index (κ2) is 13.7. The summed E-state index contributed by atoms with van der Waals surface area (Å²) in [5.74, 6) is -0.674. The van der Waals surface area contributed by atoms with Crippen LogP contribution >= 0.6 is 27.5 Å². The molecule has 0 spiro atoms. The first-order valence-corrected chi connectivity index (χ1v) is 14.3. The van der Waals surface area contributed by atoms with E-state index in [4.69, 9.17) is 16.4 Å². The number of amides is 1. The molecule has 3 N–H and O–H groups in total. The van der Waals surface area contributed by atoms with Crippen LogP contribution in [0.5, 0.6) is 0 Å². The topological polar surface area (TPSA) is 83.5 Å². The Balaban J connectivity index is 1.56. The third-order valence-electron chi connectivity index (χ3n) is 6.72. The van der Waals surface area contributed by atoms with Crippen molar-refractivity contribution in [2.75, 3.05) is 45.2 Å². The summed E-state index contributed by atoms with van der Waals surface area (Å²) in [4.78, 5) is 25.3. The number of likely N-dealkylation sites (N-methyl/N-ethyl adjacent to an activating group) is 2. The Labute approximate surface area is 236 Å². The van der Waals surface area contributed by atoms with Crippen LogP contribution in [0.3, 0.4) is 0 Å². The van der Waals surface area contributed by atoms with Crippen LogP contribution in [0.4, 0.5) is 15.8 Å². The number of fused-ring (bicyclic) bond motifs is 1. The van der Waals surface area contributed by atoms with Crippen LogP contribution in [0.25, 0.3) is 11.0 Å². The van der Waals surface area contributed by atoms with Crippen molar-refractivity contribution in [1.29, 1.82) is 0 Å². The Hall–Kier alpha value is -2.24. The Morgan fingerprint density at radius 3 is 2.82 bits per heavy atom. The average Bonchev–Trinajstić information content (AvgIpc) is 3.64. The Kier molecular flexibility index (Phi) is 10.4. The molecular weight excluding hydrogens is 575 g/mol. The summed E-state index contributed by atoms with van der Waals surface area (Å²) < 4.78 is 18.6. The van der Waals surface area contributed by atoms with Crippen LogP contribution in [0.15, 0.2) is 35.1 Å². The van der Waals surface area contributed by atoms with Crippen LogP contribution < -0.4 is 16.1 Å². The number of hydrogen-bond donors (Lipinski definition) is 3. The molecule has 11 heteroatoms. The lowest BCUT2D eigenvalue weighted by atomic mass is 10.1. The molecule has 3 aromatic rings. The molecule has 1 aliphatic rings. The number of carbonyl (C=O) groups is 1. The first-order valence-electron chi connectivity index (χ1n) is 13.1. The van der Waals surface area contributed by atoms with Gasteiger partial charge in [-0.25, -0.2) is 14.9 Å². The molecule has 0 saturated heterocycles. The summed E-state index contributed by atoms with van der Waals surface area (Å²) in [6.45, 7) is 7.23. The molecule has 0 aliphatic heterocycles. The fraction of sp³-hybridized carbons (Fsp3) is 0.481. The van der Waals surface area contributed by atoms with Crippen molar-refractivity contribution >= 4 is 55.8 Å². The summed E-state index contributed by atoms with van der Waals surface area (Å²) in [5, 5.41) is 6.59. The molecule has 8 nitrogen and oxygen atoms in total. The van der Waals surface area contributed by atoms with Crippen LogP contribution in [0, 0.1) is 11.7 Å². The van der Waals surface area contributed by atoms with Gasteiger partial charge in [-0.3, -0.25) is 9.63 Å². The summed E-state index contributed by atoms with van der Waals surface area (Å²) in [6.07, 6.45) is 5.73. The minimum atomic E-state index is -0.614. The molecular formula is C27H35BrClFN6O2. The van der Waals surface area contributed by atoms with Gasteiger partial charge in [0.15, 0.2) is 5.82 Å². The van der Waals surface area contributed by atoms with Gasteiger partial charge < -0.3 is 20.1 Å². The predicted octanol–water partition coefficient (Wildman–Crippen LogP) is 5.73. The highest BCUT2D eigenvalue weighted by atomic mass is 79.9. The van der Waals surface area contributed by atoms with Crippen molar-refractivity contribution in [3.63, 3.8) is 0 Å². The first kappa shape index (κ1) is 28.8. The zero-order valence-corrected chi connectivity index (χ0v) is 24.2. The van der Waals surface area contributed by atoms with E-state index in [0.29, 0.717) is 35.3 Å². The number of aromatic nitrogens is 2. The number of anilines is 2. The first-order chi connectivity index (χ1) is 18.4. The van der Waals surface area contributed by atoms with Crippen molar-refractivity contribution in [3.05, 3.63) is 51.5 Å². The number of imidazole rings is 1. The Morgan fingerprint density at radius 1 is 1.29 bits per heavy atom. The van der Waals surface area contributed by atoms with Crippen molar-refractivity contribution in [1.82, 2.24) is 25.2 Å². The van der Waals surface area contributed by atoms with Gasteiger partial charge in [0.2, 0.25) is 0 Å². The third kappa shape index (κ3) is 7.45. The number of halogens is 3. The average molecular weight is 610 g/mol. The molecule has 206 valence electrons. The van der Waals surface area contributed by atoms with Crippen LogP contribution in [-0.2, 0) is 11.4 Å². The Bertz CT molecular complexity index is 1250. The maximum atomic E-state index is 15.9. The molecule has 1 amide bonds. The largest absolute Gasteiger partial charge is 0.351 e. The molecule has 4 rings (SSSR count). The maximum Gasteiger partial charge on any atom is 0.277 e. The van der Waals surface area contributed by atoms with E-state index in [-0.39, 0.29) is 16.8 Å². The molecule has 0 atom stereocenters. The SMILES string of the molecule is CCN(CCCCn1cnc2c(F)c(Nc3ccc(Br)cc3Cl)c(C(=O)NOCC3CC3)cc21)CCNC. The minimum Gasteiger partial charge on any atom is -0.351 e. The van der Waals surface area contributed by atoms with E-state index in [9.17, 15) is 4.79 Å². The van der Waals surface area contributed by atoms with Gasteiger partial charge in [-0.15, -0.1) is 0 Å². The van der Waals surface area contributed by atoms with Crippen molar-refractivity contribution in [2.45, 2.75) is 39.2 Å². The number of hydroxylamine groups is 1. The van der Waals surface area contributed by atoms with Gasteiger partial charge in [0.05, 0.1) is 40.4 Å². The Morgan fingerprint density at radius 2 is 2.11 bits per heavy atom. The van der Waals surface area contributed by atoms with E-state index in [1.165, 1.54) is 0 Å². The monoisotopic (exact) mass is 608 g/mol. The van der Waals surface area contributed by atoms with Gasteiger partial charge in [-0.1, -0.05) is 34.5 Å². The molecule has 1 saturated carbocycles. The highest BCUT2D eigenvalue weighted by Crippen LogP contribution is 2.34. The van der Waals surface area contributed by atoms with E-state index in [1.54, 1.807) is 30.6 Å². The normalized spacial score (nSPS) is 13.4. The predicted molar refractivity (Wildman–Crippen MR) is 154 cm³/mol. The second-order valence-corrected chi connectivity index (χ2v) is 10.9. The second-order valence-electron chi connectivity index (χ2n) is 9.60. The van der Waals surface area contributed by atoms with E-state index in [1.807, 2.05) is 11.6 Å². The van der Waals surface area contributed by atoms with Gasteiger partial charge in [0.1, 0.15) is 5.52 Å². The molecule has 0 unspecified atom stereocenters. The summed E-state index contributed by atoms with van der Waals surface area (Å²) in [6, 6.07) is 6.87. The highest BCUT2D eigenvalue weighted by molar-refractivity contribution is 9.10. The molecule has 1 heterocycles. The number of nitrogens with zero attached hydrogens (tertiary/aromatic N) is 3. The highest BCUT2D eigenvalue weighted by Gasteiger charge is 2.25. The molecule has 38 heavy (non-hydrogen) atoms. The molecule has 1 fully saturated rings. The zero-order chi connectivity index (χ0) is 27.1. The minimum absolute atomic E-state index is 0.00242. The van der Waals surface area contributed by atoms with Crippen molar-refractivity contribution in [3.8, 4) is 0 Å². The standard InChI is InChI=1S/C27H35BrClFN6O2/c1-3-35(13-10-31-2)11-4-5-12-36-17-32-26-23(36)15-20(27(37)34-38-16-18-6-7-18)25(24(26)30)33-22-9-8-19(28)14-21(22)29/h8-9,14-15,17-18,31,33H,3-7,10-13,16H2,1-2H3,(H,34,37). The lowest BCUT2D eigenvalue weighted by molar-refractivity contribution is 0.0271. The van der Waals surface area contributed by atoms with E-state index >= 15 is 4.39 Å². The number of benzene rings is 2. The van der Waals surface area contributed by atoms with E-state index in [0.717, 1.165) is 56.3 Å². The lowest BCUT2D eigenvalue weighted by Crippen LogP contribution is -2.31. The van der Waals surface area contributed by atoms with Crippen molar-refractivity contribution in [2.24, 2.45) is 5.92 Å². The van der Waals surface area contributed by atoms with Crippen LogP contribution in [-0.4, -0.2) is 60.2 Å². The quantitative estimate of drug-likeness (QED) is 0.151. The number of aryl methyl sites for hydroxylation is 1. The summed E-state index contributed by atoms with van der Waals surface area (Å²) in [5.41, 5.74) is 3.84. The van der Waals surface area contributed by atoms with Crippen molar-refractivity contribution < 1.29 is 14.0 Å². The number of carbonyl (C=O) groups excluding carboxylic acids is 1.